The average Bonchev–Trinajstić information content (AvgIpc) is 2.68. The van der Waals surface area contributed by atoms with Crippen LogP contribution in [0.15, 0.2) is 24.3 Å². The van der Waals surface area contributed by atoms with E-state index in [2.05, 4.69) is 0 Å². The number of amides is 1. The number of nitrogens with zero attached hydrogens (tertiary/aromatic N) is 2. The van der Waals surface area contributed by atoms with Crippen LogP contribution in [0, 0.1) is 5.92 Å². The molecule has 2 fully saturated rings. The first-order valence-electron chi connectivity index (χ1n) is 9.54. The highest BCUT2D eigenvalue weighted by Crippen LogP contribution is 2.33. The van der Waals surface area contributed by atoms with Gasteiger partial charge in [-0.15, -0.1) is 0 Å². The first kappa shape index (κ1) is 21.0. The van der Waals surface area contributed by atoms with Gasteiger partial charge in [0.2, 0.25) is 15.9 Å². The van der Waals surface area contributed by atoms with Crippen molar-refractivity contribution in [3.05, 3.63) is 34.9 Å². The number of rotatable bonds is 5. The van der Waals surface area contributed by atoms with Crippen LogP contribution in [0.25, 0.3) is 0 Å². The molecule has 2 aliphatic heterocycles. The standard InChI is InChI=1S/C19H27ClN2O3S2/c1-2-12-27(24,25)21-9-3-4-16(13-21)19(23)22-10-11-26-14-18(22)15-5-7-17(20)8-6-15/h5-8,16,18H,2-4,9-14H2,1H3. The molecular formula is C19H27ClN2O3S2. The van der Waals surface area contributed by atoms with E-state index in [4.69, 9.17) is 11.6 Å². The molecule has 5 nitrogen and oxygen atoms in total. The summed E-state index contributed by atoms with van der Waals surface area (Å²) in [4.78, 5) is 15.3. The normalized spacial score (nSPS) is 24.7. The molecule has 0 radical (unpaired) electrons. The maximum atomic E-state index is 13.3. The summed E-state index contributed by atoms with van der Waals surface area (Å²) in [7, 11) is -3.26. The number of sulfonamides is 1. The second-order valence-corrected chi connectivity index (χ2v) is 10.9. The third-order valence-electron chi connectivity index (χ3n) is 5.26. The van der Waals surface area contributed by atoms with Gasteiger partial charge in [0.1, 0.15) is 0 Å². The SMILES string of the molecule is CCCS(=O)(=O)N1CCCC(C(=O)N2CCSCC2c2ccc(Cl)cc2)C1. The largest absolute Gasteiger partial charge is 0.334 e. The third kappa shape index (κ3) is 5.00. The fourth-order valence-electron chi connectivity index (χ4n) is 3.85. The lowest BCUT2D eigenvalue weighted by atomic mass is 9.96. The fourth-order valence-corrected chi connectivity index (χ4v) is 6.65. The average molecular weight is 431 g/mol. The molecular weight excluding hydrogens is 404 g/mol. The Morgan fingerprint density at radius 2 is 2.00 bits per heavy atom. The lowest BCUT2D eigenvalue weighted by Crippen LogP contribution is -2.49. The molecule has 0 spiro atoms. The molecule has 0 aliphatic carbocycles. The van der Waals surface area contributed by atoms with Crippen LogP contribution in [0.4, 0.5) is 0 Å². The van der Waals surface area contributed by atoms with Gasteiger partial charge in [0.15, 0.2) is 0 Å². The van der Waals surface area contributed by atoms with Crippen molar-refractivity contribution in [2.45, 2.75) is 32.2 Å². The van der Waals surface area contributed by atoms with E-state index in [1.54, 1.807) is 0 Å². The van der Waals surface area contributed by atoms with Crippen LogP contribution in [-0.4, -0.2) is 60.4 Å². The number of piperidine rings is 1. The zero-order valence-corrected chi connectivity index (χ0v) is 18.0. The minimum atomic E-state index is -3.26. The quantitative estimate of drug-likeness (QED) is 0.718. The molecule has 0 N–H and O–H groups in total. The Morgan fingerprint density at radius 3 is 2.70 bits per heavy atom. The van der Waals surface area contributed by atoms with Gasteiger partial charge in [0, 0.05) is 36.2 Å². The third-order valence-corrected chi connectivity index (χ3v) is 8.57. The van der Waals surface area contributed by atoms with Gasteiger partial charge in [-0.3, -0.25) is 4.79 Å². The van der Waals surface area contributed by atoms with Crippen LogP contribution in [0.3, 0.4) is 0 Å². The topological polar surface area (TPSA) is 57.7 Å². The van der Waals surface area contributed by atoms with Crippen LogP contribution in [-0.2, 0) is 14.8 Å². The molecule has 1 aromatic carbocycles. The second kappa shape index (κ2) is 9.16. The van der Waals surface area contributed by atoms with Crippen molar-refractivity contribution in [3.8, 4) is 0 Å². The molecule has 2 atom stereocenters. The van der Waals surface area contributed by atoms with Crippen molar-refractivity contribution in [2.24, 2.45) is 5.92 Å². The molecule has 27 heavy (non-hydrogen) atoms. The van der Waals surface area contributed by atoms with E-state index >= 15 is 0 Å². The molecule has 1 aromatic rings. The van der Waals surface area contributed by atoms with E-state index in [-0.39, 0.29) is 23.6 Å². The molecule has 0 saturated carbocycles. The Balaban J connectivity index is 1.75. The number of thioether (sulfide) groups is 1. The molecule has 2 heterocycles. The summed E-state index contributed by atoms with van der Waals surface area (Å²) in [6.07, 6.45) is 2.10. The fraction of sp³-hybridized carbons (Fsp3) is 0.632. The van der Waals surface area contributed by atoms with E-state index in [0.717, 1.165) is 29.9 Å². The van der Waals surface area contributed by atoms with Crippen LogP contribution in [0.5, 0.6) is 0 Å². The number of carbonyl (C=O) groups excluding carboxylic acids is 1. The molecule has 0 aromatic heterocycles. The van der Waals surface area contributed by atoms with Gasteiger partial charge in [-0.05, 0) is 37.0 Å². The number of halogens is 1. The number of hydrogen-bond donors (Lipinski definition) is 0. The van der Waals surface area contributed by atoms with Gasteiger partial charge < -0.3 is 4.90 Å². The van der Waals surface area contributed by atoms with Crippen molar-refractivity contribution >= 4 is 39.3 Å². The van der Waals surface area contributed by atoms with Crippen LogP contribution in [0.1, 0.15) is 37.8 Å². The highest BCUT2D eigenvalue weighted by Gasteiger charge is 2.37. The first-order valence-corrected chi connectivity index (χ1v) is 12.7. The Kier molecular flexibility index (Phi) is 7.11. The summed E-state index contributed by atoms with van der Waals surface area (Å²) in [6, 6.07) is 7.71. The summed E-state index contributed by atoms with van der Waals surface area (Å²) >= 11 is 7.86. The van der Waals surface area contributed by atoms with Crippen LogP contribution in [0.2, 0.25) is 5.02 Å². The molecule has 0 bridgehead atoms. The summed E-state index contributed by atoms with van der Waals surface area (Å²) in [5, 5.41) is 0.684. The monoisotopic (exact) mass is 430 g/mol. The summed E-state index contributed by atoms with van der Waals surface area (Å²) < 4.78 is 26.4. The predicted molar refractivity (Wildman–Crippen MR) is 112 cm³/mol. The minimum absolute atomic E-state index is 0.0242. The molecule has 3 rings (SSSR count). The summed E-state index contributed by atoms with van der Waals surface area (Å²) in [5.74, 6) is 1.77. The van der Waals surface area contributed by atoms with Gasteiger partial charge in [-0.1, -0.05) is 30.7 Å². The Labute approximate surface area is 171 Å². The van der Waals surface area contributed by atoms with Crippen molar-refractivity contribution < 1.29 is 13.2 Å². The maximum absolute atomic E-state index is 13.3. The van der Waals surface area contributed by atoms with Gasteiger partial charge >= 0.3 is 0 Å². The predicted octanol–water partition coefficient (Wildman–Crippen LogP) is 3.41. The van der Waals surface area contributed by atoms with Crippen molar-refractivity contribution in [3.63, 3.8) is 0 Å². The molecule has 2 unspecified atom stereocenters. The Morgan fingerprint density at radius 1 is 1.26 bits per heavy atom. The highest BCUT2D eigenvalue weighted by atomic mass is 35.5. The zero-order valence-electron chi connectivity index (χ0n) is 15.6. The summed E-state index contributed by atoms with van der Waals surface area (Å²) in [5.41, 5.74) is 1.09. The van der Waals surface area contributed by atoms with E-state index in [1.807, 2.05) is 47.9 Å². The Bertz CT molecular complexity index is 755. The molecule has 2 aliphatic rings. The zero-order chi connectivity index (χ0) is 19.4. The Hall–Kier alpha value is -0.760. The lowest BCUT2D eigenvalue weighted by molar-refractivity contribution is -0.138. The van der Waals surface area contributed by atoms with Crippen LogP contribution < -0.4 is 0 Å². The summed E-state index contributed by atoms with van der Waals surface area (Å²) in [6.45, 7) is 3.42. The minimum Gasteiger partial charge on any atom is -0.334 e. The first-order chi connectivity index (χ1) is 12.9. The molecule has 1 amide bonds. The van der Waals surface area contributed by atoms with Gasteiger partial charge in [-0.25, -0.2) is 12.7 Å². The second-order valence-electron chi connectivity index (χ2n) is 7.19. The molecule has 150 valence electrons. The number of carbonyl (C=O) groups is 1. The number of hydrogen-bond acceptors (Lipinski definition) is 4. The van der Waals surface area contributed by atoms with Gasteiger partial charge in [0.25, 0.3) is 0 Å². The van der Waals surface area contributed by atoms with Crippen LogP contribution >= 0.6 is 23.4 Å². The van der Waals surface area contributed by atoms with Crippen molar-refractivity contribution in [2.75, 3.05) is 36.9 Å². The maximum Gasteiger partial charge on any atom is 0.227 e. The van der Waals surface area contributed by atoms with Crippen molar-refractivity contribution in [1.29, 1.82) is 0 Å². The van der Waals surface area contributed by atoms with Gasteiger partial charge in [0.05, 0.1) is 17.7 Å². The highest BCUT2D eigenvalue weighted by molar-refractivity contribution is 7.99. The smallest absolute Gasteiger partial charge is 0.227 e. The lowest BCUT2D eigenvalue weighted by Gasteiger charge is -2.40. The van der Waals surface area contributed by atoms with Crippen molar-refractivity contribution in [1.82, 2.24) is 9.21 Å². The number of benzene rings is 1. The molecule has 2 saturated heterocycles. The van der Waals surface area contributed by atoms with E-state index < -0.39 is 10.0 Å². The molecule has 8 heteroatoms. The van der Waals surface area contributed by atoms with Gasteiger partial charge in [-0.2, -0.15) is 11.8 Å². The van der Waals surface area contributed by atoms with E-state index in [1.165, 1.54) is 4.31 Å². The van der Waals surface area contributed by atoms with E-state index in [0.29, 0.717) is 31.1 Å². The van der Waals surface area contributed by atoms with E-state index in [9.17, 15) is 13.2 Å².